The van der Waals surface area contributed by atoms with E-state index in [0.29, 0.717) is 24.2 Å². The highest BCUT2D eigenvalue weighted by molar-refractivity contribution is 5.88. The number of methoxy groups -OCH3 is 1. The summed E-state index contributed by atoms with van der Waals surface area (Å²) in [4.78, 5) is 15.8. The quantitative estimate of drug-likeness (QED) is 0.307. The second-order valence-electron chi connectivity index (χ2n) is 2.61. The number of rotatable bonds is 5. The molecule has 0 atom stereocenters. The van der Waals surface area contributed by atoms with Gasteiger partial charge >= 0.3 is 5.97 Å². The van der Waals surface area contributed by atoms with Crippen molar-refractivity contribution in [3.63, 3.8) is 0 Å². The molecule has 0 aliphatic carbocycles. The van der Waals surface area contributed by atoms with Crippen molar-refractivity contribution >= 4 is 5.97 Å². The zero-order chi connectivity index (χ0) is 10.3. The first kappa shape index (κ1) is 12.0. The van der Waals surface area contributed by atoms with Crippen LogP contribution in [0.2, 0.25) is 0 Å². The summed E-state index contributed by atoms with van der Waals surface area (Å²) in [6, 6.07) is 0. The van der Waals surface area contributed by atoms with Gasteiger partial charge < -0.3 is 9.57 Å². The van der Waals surface area contributed by atoms with Crippen LogP contribution in [0, 0.1) is 0 Å². The van der Waals surface area contributed by atoms with E-state index in [1.807, 2.05) is 13.8 Å². The maximum absolute atomic E-state index is 11.2. The highest BCUT2D eigenvalue weighted by Crippen LogP contribution is 2.15. The van der Waals surface area contributed by atoms with Crippen molar-refractivity contribution in [3.8, 4) is 0 Å². The largest absolute Gasteiger partial charge is 0.466 e. The van der Waals surface area contributed by atoms with Gasteiger partial charge in [-0.25, -0.2) is 4.79 Å². The molecule has 4 nitrogen and oxygen atoms in total. The smallest absolute Gasteiger partial charge is 0.337 e. The predicted octanol–water partition coefficient (Wildman–Crippen LogP) is 1.51. The van der Waals surface area contributed by atoms with E-state index in [2.05, 4.69) is 9.57 Å². The molecule has 4 heteroatoms. The molecule has 0 rings (SSSR count). The van der Waals surface area contributed by atoms with Gasteiger partial charge in [-0.15, -0.1) is 0 Å². The van der Waals surface area contributed by atoms with Crippen LogP contribution in [-0.4, -0.2) is 13.1 Å². The standard InChI is InChI=1S/C9H17NO3/c1-4-6-8(13-10)7(5-2)9(11)12-3/h4-6,10H2,1-3H3/b8-7-. The number of hydrogen-bond donors (Lipinski definition) is 1. The molecule has 0 fully saturated rings. The summed E-state index contributed by atoms with van der Waals surface area (Å²) in [7, 11) is 1.35. The molecule has 0 aliphatic heterocycles. The van der Waals surface area contributed by atoms with Crippen molar-refractivity contribution in [2.24, 2.45) is 5.90 Å². The van der Waals surface area contributed by atoms with Gasteiger partial charge in [-0.3, -0.25) is 0 Å². The molecule has 0 aromatic rings. The summed E-state index contributed by atoms with van der Waals surface area (Å²) in [5, 5.41) is 0. The fourth-order valence-electron chi connectivity index (χ4n) is 1.09. The first-order chi connectivity index (χ1) is 6.21. The second kappa shape index (κ2) is 6.48. The lowest BCUT2D eigenvalue weighted by molar-refractivity contribution is -0.136. The van der Waals surface area contributed by atoms with Crippen LogP contribution >= 0.6 is 0 Å². The van der Waals surface area contributed by atoms with E-state index in [-0.39, 0.29) is 5.97 Å². The Morgan fingerprint density at radius 2 is 2.00 bits per heavy atom. The van der Waals surface area contributed by atoms with Gasteiger partial charge in [0.2, 0.25) is 0 Å². The number of carbonyl (C=O) groups is 1. The number of nitrogens with two attached hydrogens (primary N) is 1. The zero-order valence-corrected chi connectivity index (χ0v) is 8.42. The lowest BCUT2D eigenvalue weighted by Gasteiger charge is -2.09. The van der Waals surface area contributed by atoms with Gasteiger partial charge in [-0.05, 0) is 12.8 Å². The third-order valence-corrected chi connectivity index (χ3v) is 1.74. The zero-order valence-electron chi connectivity index (χ0n) is 8.42. The molecule has 2 N–H and O–H groups in total. The van der Waals surface area contributed by atoms with Crippen LogP contribution in [0.1, 0.15) is 33.1 Å². The lowest BCUT2D eigenvalue weighted by atomic mass is 10.1. The van der Waals surface area contributed by atoms with E-state index < -0.39 is 0 Å². The third kappa shape index (κ3) is 3.46. The van der Waals surface area contributed by atoms with Gasteiger partial charge in [0.1, 0.15) is 5.76 Å². The molecule has 13 heavy (non-hydrogen) atoms. The van der Waals surface area contributed by atoms with Crippen LogP contribution in [0.25, 0.3) is 0 Å². The fraction of sp³-hybridized carbons (Fsp3) is 0.667. The maximum Gasteiger partial charge on any atom is 0.337 e. The SMILES string of the molecule is CCC/C(ON)=C(\CC)C(=O)OC. The third-order valence-electron chi connectivity index (χ3n) is 1.74. The summed E-state index contributed by atoms with van der Waals surface area (Å²) in [5.41, 5.74) is 0.520. The molecular formula is C9H17NO3. The van der Waals surface area contributed by atoms with Crippen molar-refractivity contribution in [2.75, 3.05) is 7.11 Å². The van der Waals surface area contributed by atoms with Crippen molar-refractivity contribution < 1.29 is 14.4 Å². The van der Waals surface area contributed by atoms with Crippen LogP contribution in [0.4, 0.5) is 0 Å². The van der Waals surface area contributed by atoms with Crippen LogP contribution in [-0.2, 0) is 14.4 Å². The molecule has 0 aliphatic rings. The molecule has 0 saturated carbocycles. The average Bonchev–Trinajstić information content (AvgIpc) is 2.17. The molecule has 0 bridgehead atoms. The monoisotopic (exact) mass is 187 g/mol. The van der Waals surface area contributed by atoms with E-state index in [1.165, 1.54) is 7.11 Å². The Balaban J connectivity index is 4.70. The molecule has 0 saturated heterocycles. The minimum absolute atomic E-state index is 0.364. The normalized spacial score (nSPS) is 12.0. The molecule has 0 radical (unpaired) electrons. The van der Waals surface area contributed by atoms with E-state index in [4.69, 9.17) is 5.90 Å². The molecule has 0 heterocycles. The van der Waals surface area contributed by atoms with Gasteiger partial charge in [-0.1, -0.05) is 13.8 Å². The maximum atomic E-state index is 11.2. The predicted molar refractivity (Wildman–Crippen MR) is 49.5 cm³/mol. The van der Waals surface area contributed by atoms with E-state index in [9.17, 15) is 4.79 Å². The number of allylic oxidation sites excluding steroid dienone is 1. The van der Waals surface area contributed by atoms with Gasteiger partial charge in [0.25, 0.3) is 0 Å². The first-order valence-corrected chi connectivity index (χ1v) is 4.38. The Hall–Kier alpha value is -1.03. The molecule has 76 valence electrons. The van der Waals surface area contributed by atoms with E-state index in [1.54, 1.807) is 0 Å². The Bertz CT molecular complexity index is 199. The first-order valence-electron chi connectivity index (χ1n) is 4.38. The van der Waals surface area contributed by atoms with Gasteiger partial charge in [0, 0.05) is 6.42 Å². The summed E-state index contributed by atoms with van der Waals surface area (Å²) >= 11 is 0. The molecular weight excluding hydrogens is 170 g/mol. The summed E-state index contributed by atoms with van der Waals surface area (Å²) < 4.78 is 4.60. The number of ether oxygens (including phenoxy) is 1. The average molecular weight is 187 g/mol. The molecule has 0 spiro atoms. The lowest BCUT2D eigenvalue weighted by Crippen LogP contribution is -2.11. The van der Waals surface area contributed by atoms with Crippen molar-refractivity contribution in [1.29, 1.82) is 0 Å². The number of esters is 1. The van der Waals surface area contributed by atoms with Crippen LogP contribution in [0.15, 0.2) is 11.3 Å². The Morgan fingerprint density at radius 3 is 2.31 bits per heavy atom. The van der Waals surface area contributed by atoms with Gasteiger partial charge in [-0.2, -0.15) is 5.90 Å². The number of carbonyl (C=O) groups excluding carboxylic acids is 1. The van der Waals surface area contributed by atoms with Crippen LogP contribution in [0.5, 0.6) is 0 Å². The van der Waals surface area contributed by atoms with Gasteiger partial charge in [0.05, 0.1) is 12.7 Å². The van der Waals surface area contributed by atoms with E-state index >= 15 is 0 Å². The molecule has 0 amide bonds. The summed E-state index contributed by atoms with van der Waals surface area (Å²) in [5.74, 6) is 5.22. The van der Waals surface area contributed by atoms with Crippen LogP contribution < -0.4 is 5.90 Å². The Kier molecular flexibility index (Phi) is 5.97. The summed E-state index contributed by atoms with van der Waals surface area (Å²) in [6.07, 6.45) is 2.11. The molecule has 0 aromatic heterocycles. The fourth-order valence-corrected chi connectivity index (χ4v) is 1.09. The minimum Gasteiger partial charge on any atom is -0.466 e. The topological polar surface area (TPSA) is 61.5 Å². The highest BCUT2D eigenvalue weighted by Gasteiger charge is 2.14. The highest BCUT2D eigenvalue weighted by atomic mass is 16.6. The molecule has 0 aromatic carbocycles. The van der Waals surface area contributed by atoms with Gasteiger partial charge in [0.15, 0.2) is 0 Å². The van der Waals surface area contributed by atoms with Crippen LogP contribution in [0.3, 0.4) is 0 Å². The molecule has 0 unspecified atom stereocenters. The van der Waals surface area contributed by atoms with E-state index in [0.717, 1.165) is 6.42 Å². The Labute approximate surface area is 78.7 Å². The minimum atomic E-state index is -0.364. The van der Waals surface area contributed by atoms with Crippen molar-refractivity contribution in [1.82, 2.24) is 0 Å². The Morgan fingerprint density at radius 1 is 1.38 bits per heavy atom. The number of hydrogen-bond acceptors (Lipinski definition) is 4. The van der Waals surface area contributed by atoms with Crippen molar-refractivity contribution in [3.05, 3.63) is 11.3 Å². The summed E-state index contributed by atoms with van der Waals surface area (Å²) in [6.45, 7) is 3.85. The second-order valence-corrected chi connectivity index (χ2v) is 2.61. The van der Waals surface area contributed by atoms with Crippen molar-refractivity contribution in [2.45, 2.75) is 33.1 Å².